The van der Waals surface area contributed by atoms with Crippen molar-refractivity contribution < 1.29 is 36.2 Å². The van der Waals surface area contributed by atoms with Gasteiger partial charge in [0.25, 0.3) is 5.91 Å². The second-order valence-corrected chi connectivity index (χ2v) is 13.5. The first-order valence-corrected chi connectivity index (χ1v) is 15.8. The number of carbonyl (C=O) groups excluding carboxylic acids is 2. The fraction of sp³-hybridized carbons (Fsp3) is 0.448. The maximum Gasteiger partial charge on any atom is 0.324 e. The molecule has 3 amide bonds. The third-order valence-electron chi connectivity index (χ3n) is 7.05. The van der Waals surface area contributed by atoms with Gasteiger partial charge in [-0.3, -0.25) is 10.1 Å². The molecule has 1 aliphatic heterocycles. The van der Waals surface area contributed by atoms with Crippen molar-refractivity contribution in [3.8, 4) is 5.75 Å². The van der Waals surface area contributed by atoms with Gasteiger partial charge in [0.15, 0.2) is 5.82 Å². The quantitative estimate of drug-likeness (QED) is 0.284. The fourth-order valence-electron chi connectivity index (χ4n) is 4.62. The number of nitrogens with one attached hydrogen (secondary N) is 3. The van der Waals surface area contributed by atoms with Gasteiger partial charge in [-0.05, 0) is 50.2 Å². The molecule has 3 N–H and O–H groups in total. The molecule has 4 rings (SSSR count). The molecule has 232 valence electrons. The number of hydrogen-bond donors (Lipinski definition) is 3. The number of hydroxylamine groups is 3. The summed E-state index contributed by atoms with van der Waals surface area (Å²) in [6.07, 6.45) is 3.66. The standard InChI is InChI=1S/C29H38N6O7S/c1-19(2)35(42-43(6,38)39)15-13-22(14-16-35)40-23-11-12-24(30-18-23)27(36)31-20-7-9-21(10-8-20)32-28(37)33-26-17-25(41-34-26)29(3,4)5/h7-12,17-19,22H,13-16H2,1-6H3,(H2-,30,31,32,33,34,36,37)/p+1. The van der Waals surface area contributed by atoms with Crippen molar-refractivity contribution in [2.24, 2.45) is 0 Å². The first-order chi connectivity index (χ1) is 20.1. The van der Waals surface area contributed by atoms with E-state index >= 15 is 0 Å². The number of likely N-dealkylation sites (tertiary alicyclic amines) is 1. The molecule has 0 atom stereocenters. The van der Waals surface area contributed by atoms with Gasteiger partial charge in [-0.2, -0.15) is 13.1 Å². The maximum atomic E-state index is 12.7. The summed E-state index contributed by atoms with van der Waals surface area (Å²) in [6.45, 7) is 10.8. The summed E-state index contributed by atoms with van der Waals surface area (Å²) in [5, 5.41) is 12.0. The van der Waals surface area contributed by atoms with Crippen molar-refractivity contribution >= 4 is 39.2 Å². The Labute approximate surface area is 251 Å². The number of benzene rings is 1. The predicted molar refractivity (Wildman–Crippen MR) is 161 cm³/mol. The highest BCUT2D eigenvalue weighted by Crippen LogP contribution is 2.28. The van der Waals surface area contributed by atoms with Crippen molar-refractivity contribution in [1.29, 1.82) is 0 Å². The van der Waals surface area contributed by atoms with E-state index in [0.29, 0.717) is 54.6 Å². The van der Waals surface area contributed by atoms with Crippen LogP contribution in [0.4, 0.5) is 22.0 Å². The summed E-state index contributed by atoms with van der Waals surface area (Å²) in [6, 6.07) is 11.1. The average molecular weight is 616 g/mol. The normalized spacial score (nSPS) is 19.1. The second kappa shape index (κ2) is 12.7. The van der Waals surface area contributed by atoms with E-state index < -0.39 is 22.1 Å². The number of anilines is 3. The number of amides is 3. The van der Waals surface area contributed by atoms with Gasteiger partial charge in [-0.15, -0.1) is 0 Å². The molecule has 1 aromatic carbocycles. The van der Waals surface area contributed by atoms with Crippen LogP contribution in [0.3, 0.4) is 0 Å². The number of carbonyl (C=O) groups is 2. The Balaban J connectivity index is 1.25. The molecule has 0 radical (unpaired) electrons. The zero-order valence-corrected chi connectivity index (χ0v) is 26.0. The minimum Gasteiger partial charge on any atom is -0.488 e. The number of nitrogens with zero attached hydrogens (tertiary/aromatic N) is 3. The Morgan fingerprint density at radius 2 is 1.63 bits per heavy atom. The van der Waals surface area contributed by atoms with Gasteiger partial charge in [0.1, 0.15) is 42.4 Å². The molecule has 13 nitrogen and oxygen atoms in total. The van der Waals surface area contributed by atoms with E-state index in [-0.39, 0.29) is 27.9 Å². The summed E-state index contributed by atoms with van der Waals surface area (Å²) in [5.41, 5.74) is 1.02. The van der Waals surface area contributed by atoms with E-state index in [1.807, 2.05) is 34.6 Å². The summed E-state index contributed by atoms with van der Waals surface area (Å²) < 4.78 is 40.4. The highest BCUT2D eigenvalue weighted by atomic mass is 32.2. The van der Waals surface area contributed by atoms with E-state index in [9.17, 15) is 18.0 Å². The van der Waals surface area contributed by atoms with Crippen LogP contribution in [-0.4, -0.2) is 66.6 Å². The molecule has 14 heteroatoms. The Morgan fingerprint density at radius 1 is 1.00 bits per heavy atom. The lowest BCUT2D eigenvalue weighted by Crippen LogP contribution is -2.59. The summed E-state index contributed by atoms with van der Waals surface area (Å²) in [4.78, 5) is 29.3. The number of rotatable bonds is 9. The smallest absolute Gasteiger partial charge is 0.324 e. The van der Waals surface area contributed by atoms with E-state index in [4.69, 9.17) is 13.5 Å². The van der Waals surface area contributed by atoms with Gasteiger partial charge in [0, 0.05) is 35.7 Å². The van der Waals surface area contributed by atoms with E-state index in [2.05, 4.69) is 26.1 Å². The highest BCUT2D eigenvalue weighted by Gasteiger charge is 2.42. The molecule has 0 saturated carbocycles. The van der Waals surface area contributed by atoms with Gasteiger partial charge in [-0.25, -0.2) is 9.78 Å². The van der Waals surface area contributed by atoms with Gasteiger partial charge in [-0.1, -0.05) is 30.2 Å². The van der Waals surface area contributed by atoms with E-state index in [1.54, 1.807) is 42.5 Å². The monoisotopic (exact) mass is 615 g/mol. The first kappa shape index (κ1) is 31.9. The van der Waals surface area contributed by atoms with Crippen LogP contribution >= 0.6 is 0 Å². The molecule has 1 saturated heterocycles. The summed E-state index contributed by atoms with van der Waals surface area (Å²) >= 11 is 0. The molecule has 0 aliphatic carbocycles. The third kappa shape index (κ3) is 8.75. The van der Waals surface area contributed by atoms with Gasteiger partial charge < -0.3 is 19.9 Å². The van der Waals surface area contributed by atoms with Crippen molar-refractivity contribution in [2.75, 3.05) is 35.3 Å². The molecular weight excluding hydrogens is 576 g/mol. The van der Waals surface area contributed by atoms with Crippen LogP contribution in [0, 0.1) is 0 Å². The van der Waals surface area contributed by atoms with Crippen LogP contribution in [0.2, 0.25) is 0 Å². The van der Waals surface area contributed by atoms with Crippen LogP contribution in [0.1, 0.15) is 63.7 Å². The highest BCUT2D eigenvalue weighted by molar-refractivity contribution is 7.85. The van der Waals surface area contributed by atoms with Crippen molar-refractivity contribution in [3.63, 3.8) is 0 Å². The zero-order valence-electron chi connectivity index (χ0n) is 25.2. The van der Waals surface area contributed by atoms with Crippen LogP contribution < -0.4 is 20.7 Å². The minimum atomic E-state index is -3.60. The van der Waals surface area contributed by atoms with Crippen molar-refractivity contribution in [3.05, 3.63) is 60.1 Å². The molecule has 0 spiro atoms. The van der Waals surface area contributed by atoms with E-state index in [1.165, 1.54) is 6.20 Å². The summed E-state index contributed by atoms with van der Waals surface area (Å²) in [5.74, 6) is 1.07. The number of hydrogen-bond acceptors (Lipinski definition) is 9. The van der Waals surface area contributed by atoms with E-state index in [0.717, 1.165) is 6.26 Å². The Morgan fingerprint density at radius 3 is 2.14 bits per heavy atom. The lowest BCUT2D eigenvalue weighted by Gasteiger charge is -2.42. The van der Waals surface area contributed by atoms with Crippen molar-refractivity contribution in [1.82, 2.24) is 10.1 Å². The van der Waals surface area contributed by atoms with Crippen LogP contribution in [0.15, 0.2) is 53.2 Å². The molecule has 1 fully saturated rings. The first-order valence-electron chi connectivity index (χ1n) is 14.0. The van der Waals surface area contributed by atoms with Crippen LogP contribution in [-0.2, 0) is 19.8 Å². The SMILES string of the molecule is CC(C)[N+]1(OS(C)(=O)=O)CCC(Oc2ccc(C(=O)Nc3ccc(NC(=O)Nc4cc(C(C)(C)C)on4)cc3)nc2)CC1. The Bertz CT molecular complexity index is 1520. The molecule has 3 aromatic rings. The second-order valence-electron chi connectivity index (χ2n) is 11.9. The number of pyridine rings is 1. The molecular formula is C29H39N6O7S+. The predicted octanol–water partition coefficient (Wildman–Crippen LogP) is 4.92. The molecule has 43 heavy (non-hydrogen) atoms. The lowest BCUT2D eigenvalue weighted by atomic mass is 9.93. The topological polar surface area (TPSA) is 162 Å². The molecule has 0 bridgehead atoms. The number of piperidine rings is 1. The Hall–Kier alpha value is -4.01. The maximum absolute atomic E-state index is 12.7. The molecule has 3 heterocycles. The third-order valence-corrected chi connectivity index (χ3v) is 7.62. The minimum absolute atomic E-state index is 0.0190. The number of quaternary nitrogens is 1. The van der Waals surface area contributed by atoms with Crippen LogP contribution in [0.25, 0.3) is 0 Å². The summed E-state index contributed by atoms with van der Waals surface area (Å²) in [7, 11) is -3.60. The molecule has 0 unspecified atom stereocenters. The van der Waals surface area contributed by atoms with Gasteiger partial charge >= 0.3 is 16.1 Å². The zero-order chi connectivity index (χ0) is 31.4. The number of aromatic nitrogens is 2. The molecule has 2 aromatic heterocycles. The van der Waals surface area contributed by atoms with Gasteiger partial charge in [0.2, 0.25) is 0 Å². The van der Waals surface area contributed by atoms with Crippen molar-refractivity contribution in [2.45, 2.75) is 65.0 Å². The fourth-order valence-corrected chi connectivity index (χ4v) is 5.48. The molecule has 1 aliphatic rings. The number of urea groups is 1. The Kier molecular flexibility index (Phi) is 9.42. The average Bonchev–Trinajstić information content (AvgIpc) is 3.39. The van der Waals surface area contributed by atoms with Crippen LogP contribution in [0.5, 0.6) is 5.75 Å². The number of ether oxygens (including phenoxy) is 1. The largest absolute Gasteiger partial charge is 0.488 e. The lowest BCUT2D eigenvalue weighted by molar-refractivity contribution is -1.10. The van der Waals surface area contributed by atoms with Gasteiger partial charge in [0.05, 0.1) is 12.5 Å².